The lowest BCUT2D eigenvalue weighted by Crippen LogP contribution is -2.52. The molecule has 1 fully saturated rings. The van der Waals surface area contributed by atoms with Gasteiger partial charge in [-0.3, -0.25) is 9.69 Å². The Hall–Kier alpha value is -2.99. The fraction of sp³-hybridized carbons (Fsp3) is 0.400. The van der Waals surface area contributed by atoms with Crippen LogP contribution in [0.25, 0.3) is 10.9 Å². The van der Waals surface area contributed by atoms with E-state index in [-0.39, 0.29) is 18.6 Å². The molecule has 1 saturated heterocycles. The molecule has 0 unspecified atom stereocenters. The number of likely N-dealkylation sites (tertiary alicyclic amines) is 1. The number of amides is 1. The van der Waals surface area contributed by atoms with Crippen LogP contribution in [0.1, 0.15) is 24.0 Å². The molecule has 5 rings (SSSR count). The standard InChI is InChI=1S/C25H28N4O2/c1-28(24(30)16-31-25-22-10-4-5-11-23(22)26-17-27-25)20-9-6-12-29(15-20)21-13-18-7-2-3-8-19(18)14-21/h2-5,7-8,10-11,17,20-21H,6,9,12-16H2,1H3/t20-/m1/s1. The van der Waals surface area contributed by atoms with E-state index >= 15 is 0 Å². The second-order valence-electron chi connectivity index (χ2n) is 8.61. The third-order valence-corrected chi connectivity index (χ3v) is 6.75. The van der Waals surface area contributed by atoms with Crippen molar-refractivity contribution in [2.24, 2.45) is 0 Å². The SMILES string of the molecule is CN(C(=O)COc1ncnc2ccccc12)[C@@H]1CCCN(C2Cc3ccccc3C2)C1. The molecule has 1 aliphatic heterocycles. The van der Waals surface area contributed by atoms with Gasteiger partial charge in [0.05, 0.1) is 10.9 Å². The number of fused-ring (bicyclic) bond motifs is 2. The minimum Gasteiger partial charge on any atom is -0.467 e. The lowest BCUT2D eigenvalue weighted by Gasteiger charge is -2.40. The number of aromatic nitrogens is 2. The van der Waals surface area contributed by atoms with E-state index in [1.165, 1.54) is 17.5 Å². The summed E-state index contributed by atoms with van der Waals surface area (Å²) < 4.78 is 5.81. The van der Waals surface area contributed by atoms with Crippen molar-refractivity contribution in [3.05, 3.63) is 66.0 Å². The van der Waals surface area contributed by atoms with Crippen molar-refractivity contribution in [3.8, 4) is 5.88 Å². The van der Waals surface area contributed by atoms with Gasteiger partial charge in [0, 0.05) is 25.7 Å². The van der Waals surface area contributed by atoms with E-state index in [1.807, 2.05) is 36.2 Å². The topological polar surface area (TPSA) is 58.6 Å². The van der Waals surface area contributed by atoms with E-state index in [2.05, 4.69) is 39.1 Å². The second kappa shape index (κ2) is 8.63. The third-order valence-electron chi connectivity index (χ3n) is 6.75. The number of hydrogen-bond donors (Lipinski definition) is 0. The Balaban J connectivity index is 1.19. The largest absolute Gasteiger partial charge is 0.467 e. The molecule has 0 N–H and O–H groups in total. The number of para-hydroxylation sites is 1. The highest BCUT2D eigenvalue weighted by Crippen LogP contribution is 2.28. The number of ether oxygens (including phenoxy) is 1. The second-order valence-corrected chi connectivity index (χ2v) is 8.61. The molecule has 3 aromatic rings. The number of hydrogen-bond acceptors (Lipinski definition) is 5. The molecule has 0 spiro atoms. The van der Waals surface area contributed by atoms with Gasteiger partial charge in [0.15, 0.2) is 6.61 Å². The zero-order valence-electron chi connectivity index (χ0n) is 17.9. The summed E-state index contributed by atoms with van der Waals surface area (Å²) in [5.74, 6) is 0.450. The van der Waals surface area contributed by atoms with Crippen LogP contribution in [0.3, 0.4) is 0 Å². The molecule has 6 heteroatoms. The Morgan fingerprint density at radius 2 is 1.84 bits per heavy atom. The molecular formula is C25H28N4O2. The van der Waals surface area contributed by atoms with Crippen LogP contribution in [0.2, 0.25) is 0 Å². The summed E-state index contributed by atoms with van der Waals surface area (Å²) in [7, 11) is 1.90. The maximum Gasteiger partial charge on any atom is 0.260 e. The van der Waals surface area contributed by atoms with Gasteiger partial charge in [-0.25, -0.2) is 9.97 Å². The van der Waals surface area contributed by atoms with Crippen molar-refractivity contribution in [3.63, 3.8) is 0 Å². The Bertz CT molecular complexity index is 1060. The molecule has 2 aromatic carbocycles. The maximum atomic E-state index is 12.9. The molecule has 0 saturated carbocycles. The lowest BCUT2D eigenvalue weighted by atomic mass is 10.0. The first-order chi connectivity index (χ1) is 15.2. The fourth-order valence-corrected chi connectivity index (χ4v) is 4.96. The third kappa shape index (κ3) is 4.12. The summed E-state index contributed by atoms with van der Waals surface area (Å²) in [6.07, 6.45) is 5.86. The zero-order chi connectivity index (χ0) is 21.2. The van der Waals surface area contributed by atoms with Gasteiger partial charge in [-0.15, -0.1) is 0 Å². The van der Waals surface area contributed by atoms with E-state index in [9.17, 15) is 4.79 Å². The molecule has 6 nitrogen and oxygen atoms in total. The van der Waals surface area contributed by atoms with Gasteiger partial charge < -0.3 is 9.64 Å². The predicted octanol–water partition coefficient (Wildman–Crippen LogP) is 3.10. The number of piperidine rings is 1. The smallest absolute Gasteiger partial charge is 0.260 e. The summed E-state index contributed by atoms with van der Waals surface area (Å²) in [4.78, 5) is 25.8. The van der Waals surface area contributed by atoms with Gasteiger partial charge in [0.2, 0.25) is 5.88 Å². The molecule has 160 valence electrons. The number of carbonyl (C=O) groups is 1. The maximum absolute atomic E-state index is 12.9. The first kappa shape index (κ1) is 19.9. The van der Waals surface area contributed by atoms with Crippen LogP contribution in [0.15, 0.2) is 54.9 Å². The summed E-state index contributed by atoms with van der Waals surface area (Å²) in [6, 6.07) is 17.2. The van der Waals surface area contributed by atoms with Gasteiger partial charge in [0.1, 0.15) is 6.33 Å². The van der Waals surface area contributed by atoms with Gasteiger partial charge in [-0.05, 0) is 55.5 Å². The van der Waals surface area contributed by atoms with Gasteiger partial charge >= 0.3 is 0 Å². The van der Waals surface area contributed by atoms with Crippen molar-refractivity contribution < 1.29 is 9.53 Å². The highest BCUT2D eigenvalue weighted by Gasteiger charge is 2.32. The number of carbonyl (C=O) groups excluding carboxylic acids is 1. The van der Waals surface area contributed by atoms with Crippen molar-refractivity contribution >= 4 is 16.8 Å². The molecule has 1 aromatic heterocycles. The van der Waals surface area contributed by atoms with E-state index in [0.717, 1.165) is 49.7 Å². The average Bonchev–Trinajstić information content (AvgIpc) is 3.26. The van der Waals surface area contributed by atoms with Crippen molar-refractivity contribution in [1.29, 1.82) is 0 Å². The lowest BCUT2D eigenvalue weighted by molar-refractivity contribution is -0.135. The molecule has 0 bridgehead atoms. The summed E-state index contributed by atoms with van der Waals surface area (Å²) in [5.41, 5.74) is 3.77. The molecule has 2 heterocycles. The van der Waals surface area contributed by atoms with Gasteiger partial charge in [-0.1, -0.05) is 36.4 Å². The molecule has 1 aliphatic carbocycles. The number of benzene rings is 2. The van der Waals surface area contributed by atoms with Crippen LogP contribution >= 0.6 is 0 Å². The number of nitrogens with zero attached hydrogens (tertiary/aromatic N) is 4. The Morgan fingerprint density at radius 3 is 2.65 bits per heavy atom. The van der Waals surface area contributed by atoms with Crippen LogP contribution in [-0.4, -0.2) is 64.5 Å². The molecule has 1 amide bonds. The zero-order valence-corrected chi connectivity index (χ0v) is 17.9. The molecule has 2 aliphatic rings. The predicted molar refractivity (Wildman–Crippen MR) is 120 cm³/mol. The van der Waals surface area contributed by atoms with Crippen LogP contribution in [0.4, 0.5) is 0 Å². The van der Waals surface area contributed by atoms with Crippen molar-refractivity contribution in [1.82, 2.24) is 19.8 Å². The summed E-state index contributed by atoms with van der Waals surface area (Å²) in [6.45, 7) is 2.03. The number of likely N-dealkylation sites (N-methyl/N-ethyl adjacent to an activating group) is 1. The van der Waals surface area contributed by atoms with Crippen LogP contribution in [0.5, 0.6) is 5.88 Å². The Kier molecular flexibility index (Phi) is 5.55. The quantitative estimate of drug-likeness (QED) is 0.640. The minimum absolute atomic E-state index is 0.00995. The first-order valence-electron chi connectivity index (χ1n) is 11.1. The average molecular weight is 417 g/mol. The van der Waals surface area contributed by atoms with Gasteiger partial charge in [-0.2, -0.15) is 0 Å². The van der Waals surface area contributed by atoms with Gasteiger partial charge in [0.25, 0.3) is 5.91 Å². The first-order valence-corrected chi connectivity index (χ1v) is 11.1. The van der Waals surface area contributed by atoms with E-state index in [4.69, 9.17) is 4.74 Å². The van der Waals surface area contributed by atoms with E-state index in [0.29, 0.717) is 11.9 Å². The Morgan fingerprint density at radius 1 is 1.10 bits per heavy atom. The number of rotatable bonds is 5. The Labute approximate surface area is 182 Å². The molecule has 1 atom stereocenters. The minimum atomic E-state index is -0.0110. The molecule has 0 radical (unpaired) electrons. The molecular weight excluding hydrogens is 388 g/mol. The normalized spacial score (nSPS) is 19.3. The van der Waals surface area contributed by atoms with Crippen LogP contribution in [0, 0.1) is 0 Å². The highest BCUT2D eigenvalue weighted by molar-refractivity contribution is 5.84. The summed E-state index contributed by atoms with van der Waals surface area (Å²) in [5, 5.41) is 0.824. The van der Waals surface area contributed by atoms with E-state index in [1.54, 1.807) is 0 Å². The molecule has 31 heavy (non-hydrogen) atoms. The highest BCUT2D eigenvalue weighted by atomic mass is 16.5. The van der Waals surface area contributed by atoms with Crippen molar-refractivity contribution in [2.45, 2.75) is 37.8 Å². The van der Waals surface area contributed by atoms with Crippen LogP contribution < -0.4 is 4.74 Å². The van der Waals surface area contributed by atoms with Crippen molar-refractivity contribution in [2.75, 3.05) is 26.7 Å². The summed E-state index contributed by atoms with van der Waals surface area (Å²) >= 11 is 0. The van der Waals surface area contributed by atoms with E-state index < -0.39 is 0 Å². The fourth-order valence-electron chi connectivity index (χ4n) is 4.96. The monoisotopic (exact) mass is 416 g/mol. The van der Waals surface area contributed by atoms with Crippen LogP contribution in [-0.2, 0) is 17.6 Å².